The van der Waals surface area contributed by atoms with E-state index in [1.165, 1.54) is 0 Å². The number of fused-ring (bicyclic) bond motifs is 1. The van der Waals surface area contributed by atoms with Crippen LogP contribution in [0.3, 0.4) is 0 Å². The summed E-state index contributed by atoms with van der Waals surface area (Å²) in [6.45, 7) is 2.00. The molecule has 0 atom stereocenters. The van der Waals surface area contributed by atoms with Crippen molar-refractivity contribution >= 4 is 23.1 Å². The number of amides is 2. The fraction of sp³-hybridized carbons (Fsp3) is 0.0500. The number of benzene rings is 2. The monoisotopic (exact) mass is 343 g/mol. The molecule has 2 aromatic heterocycles. The van der Waals surface area contributed by atoms with E-state index in [1.54, 1.807) is 16.8 Å². The van der Waals surface area contributed by atoms with E-state index in [0.717, 1.165) is 16.8 Å². The highest BCUT2D eigenvalue weighted by Crippen LogP contribution is 2.17. The average Bonchev–Trinajstić information content (AvgIpc) is 3.08. The van der Waals surface area contributed by atoms with Gasteiger partial charge in [-0.1, -0.05) is 48.0 Å². The molecule has 2 N–H and O–H groups in total. The van der Waals surface area contributed by atoms with E-state index in [-0.39, 0.29) is 6.03 Å². The molecular formula is C20H17N5O. The van der Waals surface area contributed by atoms with E-state index in [9.17, 15) is 4.79 Å². The maximum atomic E-state index is 12.2. The number of hydrogen-bond acceptors (Lipinski definition) is 3. The molecule has 26 heavy (non-hydrogen) atoms. The molecule has 0 unspecified atom stereocenters. The molecular weight excluding hydrogens is 326 g/mol. The van der Waals surface area contributed by atoms with Crippen molar-refractivity contribution in [1.29, 1.82) is 0 Å². The lowest BCUT2D eigenvalue weighted by molar-refractivity contribution is 0.262. The minimum Gasteiger partial charge on any atom is -0.308 e. The molecule has 4 rings (SSSR count). The molecule has 2 aromatic carbocycles. The molecule has 4 aromatic rings. The second-order valence-corrected chi connectivity index (χ2v) is 5.97. The lowest BCUT2D eigenvalue weighted by Crippen LogP contribution is -2.19. The number of aromatic nitrogens is 3. The predicted octanol–water partition coefficient (Wildman–Crippen LogP) is 4.35. The molecule has 2 heterocycles. The molecule has 128 valence electrons. The van der Waals surface area contributed by atoms with Gasteiger partial charge in [0.1, 0.15) is 0 Å². The molecule has 2 amide bonds. The van der Waals surface area contributed by atoms with Crippen LogP contribution in [0.5, 0.6) is 0 Å². The van der Waals surface area contributed by atoms with Gasteiger partial charge in [0.15, 0.2) is 11.5 Å². The molecule has 6 heteroatoms. The number of nitrogens with one attached hydrogen (secondary N) is 2. The number of carbonyl (C=O) groups excluding carboxylic acids is 1. The van der Waals surface area contributed by atoms with Crippen molar-refractivity contribution in [3.8, 4) is 11.4 Å². The van der Waals surface area contributed by atoms with Crippen molar-refractivity contribution in [1.82, 2.24) is 14.6 Å². The Hall–Kier alpha value is -3.67. The van der Waals surface area contributed by atoms with Gasteiger partial charge in [-0.3, -0.25) is 0 Å². The Balaban J connectivity index is 1.52. The van der Waals surface area contributed by atoms with Crippen LogP contribution in [0.25, 0.3) is 17.0 Å². The molecule has 0 bridgehead atoms. The third-order valence-corrected chi connectivity index (χ3v) is 3.93. The Morgan fingerprint density at radius 3 is 2.35 bits per heavy atom. The third-order valence-electron chi connectivity index (χ3n) is 3.93. The second-order valence-electron chi connectivity index (χ2n) is 5.97. The third kappa shape index (κ3) is 3.39. The maximum absolute atomic E-state index is 12.2. The Morgan fingerprint density at radius 1 is 0.885 bits per heavy atom. The summed E-state index contributed by atoms with van der Waals surface area (Å²) in [5, 5.41) is 10.1. The van der Waals surface area contributed by atoms with Crippen molar-refractivity contribution in [2.45, 2.75) is 6.92 Å². The van der Waals surface area contributed by atoms with Crippen LogP contribution in [-0.2, 0) is 0 Å². The van der Waals surface area contributed by atoms with E-state index in [2.05, 4.69) is 20.7 Å². The molecule has 0 aliphatic heterocycles. The van der Waals surface area contributed by atoms with Crippen molar-refractivity contribution in [3.63, 3.8) is 0 Å². The Kier molecular flexibility index (Phi) is 4.07. The summed E-state index contributed by atoms with van der Waals surface area (Å²) in [6.07, 6.45) is 1.74. The molecule has 0 saturated carbocycles. The van der Waals surface area contributed by atoms with Crippen LogP contribution in [0.1, 0.15) is 5.56 Å². The molecule has 0 aliphatic rings. The number of nitrogens with zero attached hydrogens (tertiary/aromatic N) is 3. The van der Waals surface area contributed by atoms with E-state index in [4.69, 9.17) is 0 Å². The van der Waals surface area contributed by atoms with Gasteiger partial charge in [0.25, 0.3) is 0 Å². The van der Waals surface area contributed by atoms with Crippen molar-refractivity contribution < 1.29 is 4.79 Å². The van der Waals surface area contributed by atoms with Gasteiger partial charge in [-0.25, -0.2) is 14.3 Å². The predicted molar refractivity (Wildman–Crippen MR) is 102 cm³/mol. The standard InChI is InChI=1S/C20H17N5O/c1-14-7-9-16(10-8-14)21-20(26)22-17-11-12-18-23-19(24-25(18)13-17)15-5-3-2-4-6-15/h2-13H,1H3,(H2,21,22,26). The van der Waals surface area contributed by atoms with Gasteiger partial charge < -0.3 is 10.6 Å². The first kappa shape index (κ1) is 15.8. The van der Waals surface area contributed by atoms with Crippen LogP contribution in [0.2, 0.25) is 0 Å². The largest absolute Gasteiger partial charge is 0.323 e. The molecule has 0 radical (unpaired) electrons. The molecule has 0 saturated heterocycles. The lowest BCUT2D eigenvalue weighted by atomic mass is 10.2. The van der Waals surface area contributed by atoms with Crippen molar-refractivity contribution in [3.05, 3.63) is 78.5 Å². The minimum atomic E-state index is -0.309. The summed E-state index contributed by atoms with van der Waals surface area (Å²) in [5.41, 5.74) is 4.17. The lowest BCUT2D eigenvalue weighted by Gasteiger charge is -2.08. The first-order chi connectivity index (χ1) is 12.7. The highest BCUT2D eigenvalue weighted by molar-refractivity contribution is 5.99. The van der Waals surface area contributed by atoms with Crippen molar-refractivity contribution in [2.24, 2.45) is 0 Å². The first-order valence-electron chi connectivity index (χ1n) is 8.24. The fourth-order valence-electron chi connectivity index (χ4n) is 2.60. The van der Waals surface area contributed by atoms with Crippen molar-refractivity contribution in [2.75, 3.05) is 10.6 Å². The summed E-state index contributed by atoms with van der Waals surface area (Å²) in [5.74, 6) is 0.645. The van der Waals surface area contributed by atoms with Gasteiger partial charge >= 0.3 is 6.03 Å². The van der Waals surface area contributed by atoms with Crippen LogP contribution in [0.4, 0.5) is 16.2 Å². The summed E-state index contributed by atoms with van der Waals surface area (Å²) in [4.78, 5) is 16.7. The molecule has 0 fully saturated rings. The smallest absolute Gasteiger partial charge is 0.308 e. The van der Waals surface area contributed by atoms with Crippen LogP contribution < -0.4 is 10.6 Å². The number of urea groups is 1. The Bertz CT molecular complexity index is 1050. The van der Waals surface area contributed by atoms with E-state index in [0.29, 0.717) is 17.2 Å². The van der Waals surface area contributed by atoms with Gasteiger partial charge in [-0.05, 0) is 31.2 Å². The van der Waals surface area contributed by atoms with Gasteiger partial charge in [0.2, 0.25) is 0 Å². The zero-order chi connectivity index (χ0) is 17.9. The zero-order valence-electron chi connectivity index (χ0n) is 14.2. The summed E-state index contributed by atoms with van der Waals surface area (Å²) in [6, 6.07) is 20.7. The highest BCUT2D eigenvalue weighted by atomic mass is 16.2. The molecule has 0 spiro atoms. The van der Waals surface area contributed by atoms with E-state index in [1.807, 2.05) is 67.6 Å². The van der Waals surface area contributed by atoms with E-state index >= 15 is 0 Å². The minimum absolute atomic E-state index is 0.309. The molecule has 0 aliphatic carbocycles. The van der Waals surface area contributed by atoms with Gasteiger partial charge in [-0.15, -0.1) is 5.10 Å². The Labute approximate surface area is 150 Å². The van der Waals surface area contributed by atoms with Crippen LogP contribution in [0.15, 0.2) is 72.9 Å². The number of hydrogen-bond donors (Lipinski definition) is 2. The number of rotatable bonds is 3. The second kappa shape index (κ2) is 6.68. The topological polar surface area (TPSA) is 71.3 Å². The van der Waals surface area contributed by atoms with Gasteiger partial charge in [0, 0.05) is 11.3 Å². The first-order valence-corrected chi connectivity index (χ1v) is 8.24. The van der Waals surface area contributed by atoms with Crippen LogP contribution in [-0.4, -0.2) is 20.6 Å². The SMILES string of the molecule is Cc1ccc(NC(=O)Nc2ccc3nc(-c4ccccc4)nn3c2)cc1. The average molecular weight is 343 g/mol. The quantitative estimate of drug-likeness (QED) is 0.581. The molecule has 6 nitrogen and oxygen atoms in total. The van der Waals surface area contributed by atoms with Gasteiger partial charge in [-0.2, -0.15) is 0 Å². The maximum Gasteiger partial charge on any atom is 0.323 e. The van der Waals surface area contributed by atoms with E-state index < -0.39 is 0 Å². The normalized spacial score (nSPS) is 10.7. The number of pyridine rings is 1. The number of anilines is 2. The zero-order valence-corrected chi connectivity index (χ0v) is 14.2. The summed E-state index contributed by atoms with van der Waals surface area (Å²) in [7, 11) is 0. The van der Waals surface area contributed by atoms with Crippen LogP contribution in [0, 0.1) is 6.92 Å². The fourth-order valence-corrected chi connectivity index (χ4v) is 2.60. The summed E-state index contributed by atoms with van der Waals surface area (Å²) < 4.78 is 1.66. The number of carbonyl (C=O) groups is 1. The highest BCUT2D eigenvalue weighted by Gasteiger charge is 2.08. The number of aryl methyl sites for hydroxylation is 1. The summed E-state index contributed by atoms with van der Waals surface area (Å²) >= 11 is 0. The Morgan fingerprint density at radius 2 is 1.58 bits per heavy atom. The van der Waals surface area contributed by atoms with Crippen LogP contribution >= 0.6 is 0 Å². The van der Waals surface area contributed by atoms with Gasteiger partial charge in [0.05, 0.1) is 11.9 Å².